The lowest BCUT2D eigenvalue weighted by Crippen LogP contribution is -2.06. The van der Waals surface area contributed by atoms with Crippen molar-refractivity contribution in [2.24, 2.45) is 0 Å². The molecular formula is C14H14ClNO2. The van der Waals surface area contributed by atoms with E-state index < -0.39 is 5.97 Å². The molecule has 0 spiro atoms. The maximum absolute atomic E-state index is 11.7. The molecule has 1 aromatic heterocycles. The van der Waals surface area contributed by atoms with Crippen molar-refractivity contribution in [3.63, 3.8) is 0 Å². The Morgan fingerprint density at radius 3 is 2.78 bits per heavy atom. The molecule has 0 atom stereocenters. The molecule has 1 aromatic carbocycles. The van der Waals surface area contributed by atoms with Crippen LogP contribution in [0.4, 0.5) is 0 Å². The molecule has 2 rings (SSSR count). The van der Waals surface area contributed by atoms with Gasteiger partial charge in [0.05, 0.1) is 5.02 Å². The van der Waals surface area contributed by atoms with Gasteiger partial charge < -0.3 is 9.72 Å². The summed E-state index contributed by atoms with van der Waals surface area (Å²) in [5.74, 6) is -0.400. The predicted octanol–water partition coefficient (Wildman–Crippen LogP) is 3.64. The summed E-state index contributed by atoms with van der Waals surface area (Å²) in [6.45, 7) is 4.27. The largest absolute Gasteiger partial charge is 0.456 e. The summed E-state index contributed by atoms with van der Waals surface area (Å²) in [4.78, 5) is 14.5. The molecule has 0 saturated heterocycles. The van der Waals surface area contributed by atoms with Crippen molar-refractivity contribution in [3.05, 3.63) is 57.9 Å². The van der Waals surface area contributed by atoms with Crippen LogP contribution in [0.2, 0.25) is 5.02 Å². The van der Waals surface area contributed by atoms with Gasteiger partial charge >= 0.3 is 5.97 Å². The average Bonchev–Trinajstić information content (AvgIpc) is 2.77. The minimum absolute atomic E-state index is 0.267. The van der Waals surface area contributed by atoms with Gasteiger partial charge in [-0.1, -0.05) is 35.4 Å². The third kappa shape index (κ3) is 2.93. The Kier molecular flexibility index (Phi) is 3.72. The number of hydrogen-bond donors (Lipinski definition) is 1. The molecule has 0 aliphatic heterocycles. The van der Waals surface area contributed by atoms with E-state index in [1.54, 1.807) is 12.3 Å². The van der Waals surface area contributed by atoms with Crippen LogP contribution in [-0.2, 0) is 11.3 Å². The number of carbonyl (C=O) groups excluding carboxylic acids is 1. The summed E-state index contributed by atoms with van der Waals surface area (Å²) in [5, 5.41) is 0.494. The van der Waals surface area contributed by atoms with E-state index >= 15 is 0 Å². The highest BCUT2D eigenvalue weighted by Gasteiger charge is 2.10. The van der Waals surface area contributed by atoms with Crippen molar-refractivity contribution in [2.45, 2.75) is 20.5 Å². The summed E-state index contributed by atoms with van der Waals surface area (Å²) in [6, 6.07) is 7.62. The summed E-state index contributed by atoms with van der Waals surface area (Å²) in [6.07, 6.45) is 1.55. The monoisotopic (exact) mass is 263 g/mol. The molecule has 18 heavy (non-hydrogen) atoms. The van der Waals surface area contributed by atoms with Gasteiger partial charge in [0.1, 0.15) is 12.3 Å². The summed E-state index contributed by atoms with van der Waals surface area (Å²) in [7, 11) is 0. The SMILES string of the molecule is Cc1ccc(C)c(COC(=O)c2cc(Cl)c[nH]2)c1. The number of rotatable bonds is 3. The zero-order valence-corrected chi connectivity index (χ0v) is 11.0. The van der Waals surface area contributed by atoms with Crippen molar-refractivity contribution in [1.29, 1.82) is 0 Å². The summed E-state index contributed by atoms with van der Waals surface area (Å²) >= 11 is 5.73. The van der Waals surface area contributed by atoms with E-state index in [0.29, 0.717) is 10.7 Å². The standard InChI is InChI=1S/C14H14ClNO2/c1-9-3-4-10(2)11(5-9)8-18-14(17)13-6-12(15)7-16-13/h3-7,16H,8H2,1-2H3. The second kappa shape index (κ2) is 5.27. The fourth-order valence-electron chi connectivity index (χ4n) is 1.66. The van der Waals surface area contributed by atoms with E-state index in [0.717, 1.165) is 16.7 Å². The third-order valence-electron chi connectivity index (χ3n) is 2.73. The number of carbonyl (C=O) groups is 1. The first kappa shape index (κ1) is 12.7. The van der Waals surface area contributed by atoms with Crippen LogP contribution in [0.1, 0.15) is 27.2 Å². The molecular weight excluding hydrogens is 250 g/mol. The van der Waals surface area contributed by atoms with Crippen LogP contribution >= 0.6 is 11.6 Å². The summed E-state index contributed by atoms with van der Waals surface area (Å²) < 4.78 is 5.23. The minimum Gasteiger partial charge on any atom is -0.456 e. The first-order valence-electron chi connectivity index (χ1n) is 5.63. The summed E-state index contributed by atoms with van der Waals surface area (Å²) in [5.41, 5.74) is 3.64. The second-order valence-corrected chi connectivity index (χ2v) is 4.67. The molecule has 4 heteroatoms. The lowest BCUT2D eigenvalue weighted by atomic mass is 10.1. The Morgan fingerprint density at radius 2 is 2.11 bits per heavy atom. The molecule has 0 aliphatic rings. The molecule has 0 fully saturated rings. The van der Waals surface area contributed by atoms with Crippen molar-refractivity contribution in [1.82, 2.24) is 4.98 Å². The van der Waals surface area contributed by atoms with E-state index in [2.05, 4.69) is 4.98 Å². The number of benzene rings is 1. The molecule has 0 amide bonds. The van der Waals surface area contributed by atoms with E-state index in [-0.39, 0.29) is 6.61 Å². The lowest BCUT2D eigenvalue weighted by Gasteiger charge is -2.07. The molecule has 0 aliphatic carbocycles. The average molecular weight is 264 g/mol. The number of ether oxygens (including phenoxy) is 1. The molecule has 3 nitrogen and oxygen atoms in total. The van der Waals surface area contributed by atoms with Crippen molar-refractivity contribution >= 4 is 17.6 Å². The Hall–Kier alpha value is -1.74. The fraction of sp³-hybridized carbons (Fsp3) is 0.214. The molecule has 0 bridgehead atoms. The van der Waals surface area contributed by atoms with Crippen molar-refractivity contribution in [2.75, 3.05) is 0 Å². The maximum atomic E-state index is 11.7. The first-order valence-corrected chi connectivity index (χ1v) is 6.01. The van der Waals surface area contributed by atoms with Crippen LogP contribution in [0.5, 0.6) is 0 Å². The van der Waals surface area contributed by atoms with Gasteiger partial charge in [0.15, 0.2) is 0 Å². The maximum Gasteiger partial charge on any atom is 0.355 e. The van der Waals surface area contributed by atoms with Crippen LogP contribution in [0.3, 0.4) is 0 Å². The molecule has 94 valence electrons. The van der Waals surface area contributed by atoms with E-state index in [1.165, 1.54) is 0 Å². The van der Waals surface area contributed by atoms with Gasteiger partial charge in [-0.25, -0.2) is 4.79 Å². The first-order chi connectivity index (χ1) is 8.56. The zero-order valence-electron chi connectivity index (χ0n) is 10.3. The Bertz CT molecular complexity index is 575. The van der Waals surface area contributed by atoms with Gasteiger partial charge in [-0.15, -0.1) is 0 Å². The van der Waals surface area contributed by atoms with Gasteiger partial charge in [0, 0.05) is 6.20 Å². The molecule has 2 aromatic rings. The quantitative estimate of drug-likeness (QED) is 0.859. The predicted molar refractivity (Wildman–Crippen MR) is 70.8 cm³/mol. The van der Waals surface area contributed by atoms with Gasteiger partial charge in [0.2, 0.25) is 0 Å². The third-order valence-corrected chi connectivity index (χ3v) is 2.95. The topological polar surface area (TPSA) is 42.1 Å². The van der Waals surface area contributed by atoms with Crippen LogP contribution in [0, 0.1) is 13.8 Å². The van der Waals surface area contributed by atoms with Crippen LogP contribution in [0.25, 0.3) is 0 Å². The molecule has 1 heterocycles. The van der Waals surface area contributed by atoms with Gasteiger partial charge in [-0.3, -0.25) is 0 Å². The van der Waals surface area contributed by atoms with Crippen molar-refractivity contribution in [3.8, 4) is 0 Å². The van der Waals surface area contributed by atoms with Crippen LogP contribution < -0.4 is 0 Å². The fourth-order valence-corrected chi connectivity index (χ4v) is 1.83. The Labute approximate surface area is 111 Å². The molecule has 0 radical (unpaired) electrons. The highest BCUT2D eigenvalue weighted by atomic mass is 35.5. The number of halogens is 1. The minimum atomic E-state index is -0.400. The number of nitrogens with one attached hydrogen (secondary N) is 1. The number of aromatic nitrogens is 1. The Balaban J connectivity index is 2.03. The smallest absolute Gasteiger partial charge is 0.355 e. The Morgan fingerprint density at radius 1 is 1.33 bits per heavy atom. The number of H-pyrrole nitrogens is 1. The second-order valence-electron chi connectivity index (χ2n) is 4.24. The van der Waals surface area contributed by atoms with E-state index in [1.807, 2.05) is 32.0 Å². The van der Waals surface area contributed by atoms with E-state index in [9.17, 15) is 4.79 Å². The highest BCUT2D eigenvalue weighted by Crippen LogP contribution is 2.14. The number of hydrogen-bond acceptors (Lipinski definition) is 2. The molecule has 1 N–H and O–H groups in total. The van der Waals surface area contributed by atoms with Crippen molar-refractivity contribution < 1.29 is 9.53 Å². The normalized spacial score (nSPS) is 10.4. The zero-order chi connectivity index (χ0) is 13.1. The van der Waals surface area contributed by atoms with Gasteiger partial charge in [-0.2, -0.15) is 0 Å². The molecule has 0 unspecified atom stereocenters. The van der Waals surface area contributed by atoms with Crippen LogP contribution in [0.15, 0.2) is 30.5 Å². The van der Waals surface area contributed by atoms with Gasteiger partial charge in [-0.05, 0) is 31.0 Å². The number of esters is 1. The number of aromatic amines is 1. The van der Waals surface area contributed by atoms with Gasteiger partial charge in [0.25, 0.3) is 0 Å². The lowest BCUT2D eigenvalue weighted by molar-refractivity contribution is 0.0466. The van der Waals surface area contributed by atoms with E-state index in [4.69, 9.17) is 16.3 Å². The number of aryl methyl sites for hydroxylation is 2. The van der Waals surface area contributed by atoms with Crippen LogP contribution in [-0.4, -0.2) is 11.0 Å². The molecule has 0 saturated carbocycles. The highest BCUT2D eigenvalue weighted by molar-refractivity contribution is 6.30.